The molecule has 0 aromatic heterocycles. The highest BCUT2D eigenvalue weighted by Crippen LogP contribution is 2.20. The Bertz CT molecular complexity index is 480. The Kier molecular flexibility index (Phi) is 6.40. The minimum absolute atomic E-state index is 0.00365. The molecule has 0 spiro atoms. The van der Waals surface area contributed by atoms with Crippen molar-refractivity contribution >= 4 is 5.91 Å². The number of nitrogens with zero attached hydrogens (tertiary/aromatic N) is 1. The SMILES string of the molecule is COCc1cccc(C(=O)NCCN2CC(C)CC(C)C2)c1. The Hall–Kier alpha value is -1.39. The average Bonchev–Trinajstić information content (AvgIpc) is 2.47. The van der Waals surface area contributed by atoms with Crippen LogP contribution >= 0.6 is 0 Å². The maximum Gasteiger partial charge on any atom is 0.251 e. The van der Waals surface area contributed by atoms with Gasteiger partial charge in [0.2, 0.25) is 0 Å². The van der Waals surface area contributed by atoms with Crippen molar-refractivity contribution < 1.29 is 9.53 Å². The van der Waals surface area contributed by atoms with E-state index in [-0.39, 0.29) is 5.91 Å². The molecule has 1 amide bonds. The third kappa shape index (κ3) is 5.11. The molecule has 0 aliphatic carbocycles. The van der Waals surface area contributed by atoms with Crippen LogP contribution in [0.2, 0.25) is 0 Å². The molecule has 122 valence electrons. The summed E-state index contributed by atoms with van der Waals surface area (Å²) < 4.78 is 5.10. The van der Waals surface area contributed by atoms with Gasteiger partial charge in [-0.05, 0) is 36.0 Å². The van der Waals surface area contributed by atoms with Gasteiger partial charge in [-0.25, -0.2) is 0 Å². The van der Waals surface area contributed by atoms with Crippen LogP contribution in [0.1, 0.15) is 36.2 Å². The molecular weight excluding hydrogens is 276 g/mol. The molecule has 2 atom stereocenters. The van der Waals surface area contributed by atoms with Crippen LogP contribution in [0.5, 0.6) is 0 Å². The van der Waals surface area contributed by atoms with E-state index in [9.17, 15) is 4.79 Å². The highest BCUT2D eigenvalue weighted by atomic mass is 16.5. The maximum absolute atomic E-state index is 12.2. The van der Waals surface area contributed by atoms with E-state index in [1.165, 1.54) is 6.42 Å². The zero-order valence-corrected chi connectivity index (χ0v) is 14.0. The summed E-state index contributed by atoms with van der Waals surface area (Å²) in [5, 5.41) is 3.02. The van der Waals surface area contributed by atoms with Gasteiger partial charge < -0.3 is 15.0 Å². The number of hydrogen-bond acceptors (Lipinski definition) is 3. The third-order valence-corrected chi connectivity index (χ3v) is 4.16. The fraction of sp³-hybridized carbons (Fsp3) is 0.611. The van der Waals surface area contributed by atoms with Gasteiger partial charge in [-0.1, -0.05) is 26.0 Å². The van der Waals surface area contributed by atoms with E-state index in [1.54, 1.807) is 7.11 Å². The zero-order chi connectivity index (χ0) is 15.9. The van der Waals surface area contributed by atoms with Crippen molar-refractivity contribution in [2.24, 2.45) is 11.8 Å². The van der Waals surface area contributed by atoms with Crippen LogP contribution in [0.3, 0.4) is 0 Å². The lowest BCUT2D eigenvalue weighted by Gasteiger charge is -2.34. The lowest BCUT2D eigenvalue weighted by molar-refractivity contribution is 0.0936. The van der Waals surface area contributed by atoms with Crippen LogP contribution in [0.15, 0.2) is 24.3 Å². The van der Waals surface area contributed by atoms with Crippen LogP contribution in [-0.4, -0.2) is 44.1 Å². The first-order chi connectivity index (χ1) is 10.6. The summed E-state index contributed by atoms with van der Waals surface area (Å²) >= 11 is 0. The summed E-state index contributed by atoms with van der Waals surface area (Å²) in [6.07, 6.45) is 1.31. The van der Waals surface area contributed by atoms with Crippen molar-refractivity contribution in [2.75, 3.05) is 33.3 Å². The minimum Gasteiger partial charge on any atom is -0.380 e. The molecule has 1 aromatic carbocycles. The van der Waals surface area contributed by atoms with Gasteiger partial charge in [0.15, 0.2) is 0 Å². The molecule has 0 radical (unpaired) electrons. The molecule has 0 saturated carbocycles. The van der Waals surface area contributed by atoms with Gasteiger partial charge in [0, 0.05) is 38.9 Å². The molecule has 4 heteroatoms. The lowest BCUT2D eigenvalue weighted by atomic mass is 9.92. The summed E-state index contributed by atoms with van der Waals surface area (Å²) in [6.45, 7) is 9.06. The largest absolute Gasteiger partial charge is 0.380 e. The van der Waals surface area contributed by atoms with Crippen LogP contribution in [0, 0.1) is 11.8 Å². The van der Waals surface area contributed by atoms with Crippen LogP contribution in [-0.2, 0) is 11.3 Å². The maximum atomic E-state index is 12.2. The lowest BCUT2D eigenvalue weighted by Crippen LogP contribution is -2.42. The number of carbonyl (C=O) groups excluding carboxylic acids is 1. The minimum atomic E-state index is -0.00365. The Morgan fingerprint density at radius 3 is 2.73 bits per heavy atom. The Morgan fingerprint density at radius 1 is 1.32 bits per heavy atom. The number of methoxy groups -OCH3 is 1. The average molecular weight is 304 g/mol. The summed E-state index contributed by atoms with van der Waals surface area (Å²) in [5.74, 6) is 1.51. The second-order valence-electron chi connectivity index (χ2n) is 6.59. The first kappa shape index (κ1) is 17.0. The molecule has 2 unspecified atom stereocenters. The molecule has 1 fully saturated rings. The highest BCUT2D eigenvalue weighted by Gasteiger charge is 2.21. The first-order valence-electron chi connectivity index (χ1n) is 8.17. The molecular formula is C18H28N2O2. The quantitative estimate of drug-likeness (QED) is 0.878. The predicted molar refractivity (Wildman–Crippen MR) is 88.9 cm³/mol. The van der Waals surface area contributed by atoms with Crippen LogP contribution < -0.4 is 5.32 Å². The number of nitrogens with one attached hydrogen (secondary N) is 1. The molecule has 22 heavy (non-hydrogen) atoms. The number of benzene rings is 1. The number of amides is 1. The zero-order valence-electron chi connectivity index (χ0n) is 14.0. The van der Waals surface area contributed by atoms with Crippen LogP contribution in [0.4, 0.5) is 0 Å². The second-order valence-corrected chi connectivity index (χ2v) is 6.59. The number of rotatable bonds is 6. The number of piperidine rings is 1. The Morgan fingerprint density at radius 2 is 2.05 bits per heavy atom. The van der Waals surface area contributed by atoms with E-state index in [4.69, 9.17) is 4.74 Å². The summed E-state index contributed by atoms with van der Waals surface area (Å²) in [4.78, 5) is 14.7. The van der Waals surface area contributed by atoms with Crippen LogP contribution in [0.25, 0.3) is 0 Å². The summed E-state index contributed by atoms with van der Waals surface area (Å²) in [6, 6.07) is 7.61. The van der Waals surface area contributed by atoms with Gasteiger partial charge in [0.05, 0.1) is 6.61 Å². The topological polar surface area (TPSA) is 41.6 Å². The molecule has 2 rings (SSSR count). The molecule has 1 heterocycles. The molecule has 1 aromatic rings. The van der Waals surface area contributed by atoms with Crippen molar-refractivity contribution in [2.45, 2.75) is 26.9 Å². The molecule has 0 bridgehead atoms. The fourth-order valence-electron chi connectivity index (χ4n) is 3.37. The number of hydrogen-bond donors (Lipinski definition) is 1. The van der Waals surface area contributed by atoms with E-state index in [0.29, 0.717) is 18.7 Å². The van der Waals surface area contributed by atoms with Gasteiger partial charge in [0.1, 0.15) is 0 Å². The van der Waals surface area contributed by atoms with Gasteiger partial charge in [-0.3, -0.25) is 4.79 Å². The molecule has 1 saturated heterocycles. The van der Waals surface area contributed by atoms with E-state index < -0.39 is 0 Å². The smallest absolute Gasteiger partial charge is 0.251 e. The Labute approximate surface area is 133 Å². The fourth-order valence-corrected chi connectivity index (χ4v) is 3.37. The van der Waals surface area contributed by atoms with Crippen molar-refractivity contribution in [1.82, 2.24) is 10.2 Å². The van der Waals surface area contributed by atoms with E-state index in [0.717, 1.165) is 37.0 Å². The van der Waals surface area contributed by atoms with Gasteiger partial charge in [0.25, 0.3) is 5.91 Å². The van der Waals surface area contributed by atoms with E-state index in [1.807, 2.05) is 24.3 Å². The van der Waals surface area contributed by atoms with E-state index in [2.05, 4.69) is 24.1 Å². The standard InChI is InChI=1S/C18H28N2O2/c1-14-9-15(2)12-20(11-14)8-7-19-18(21)17-6-4-5-16(10-17)13-22-3/h4-6,10,14-15H,7-9,11-13H2,1-3H3,(H,19,21). The summed E-state index contributed by atoms with van der Waals surface area (Å²) in [7, 11) is 1.66. The van der Waals surface area contributed by atoms with Crippen molar-refractivity contribution in [1.29, 1.82) is 0 Å². The monoisotopic (exact) mass is 304 g/mol. The van der Waals surface area contributed by atoms with Crippen molar-refractivity contribution in [3.63, 3.8) is 0 Å². The van der Waals surface area contributed by atoms with Crippen molar-refractivity contribution in [3.8, 4) is 0 Å². The molecule has 1 aliphatic rings. The molecule has 4 nitrogen and oxygen atoms in total. The predicted octanol–water partition coefficient (Wildman–Crippen LogP) is 2.54. The molecule has 1 aliphatic heterocycles. The van der Waals surface area contributed by atoms with Gasteiger partial charge in [-0.2, -0.15) is 0 Å². The van der Waals surface area contributed by atoms with Gasteiger partial charge in [-0.15, -0.1) is 0 Å². The highest BCUT2D eigenvalue weighted by molar-refractivity contribution is 5.94. The summed E-state index contributed by atoms with van der Waals surface area (Å²) in [5.41, 5.74) is 1.73. The van der Waals surface area contributed by atoms with E-state index >= 15 is 0 Å². The molecule has 1 N–H and O–H groups in total. The first-order valence-corrected chi connectivity index (χ1v) is 8.17. The normalized spacial score (nSPS) is 22.5. The van der Waals surface area contributed by atoms with Gasteiger partial charge >= 0.3 is 0 Å². The number of ether oxygens (including phenoxy) is 1. The van der Waals surface area contributed by atoms with Crippen molar-refractivity contribution in [3.05, 3.63) is 35.4 Å². The number of carbonyl (C=O) groups is 1. The third-order valence-electron chi connectivity index (χ3n) is 4.16. The Balaban J connectivity index is 1.79. The number of likely N-dealkylation sites (tertiary alicyclic amines) is 1. The second kappa shape index (κ2) is 8.30.